The summed E-state index contributed by atoms with van der Waals surface area (Å²) in [5.74, 6) is 0.594. The Morgan fingerprint density at radius 3 is 2.32 bits per heavy atom. The highest BCUT2D eigenvalue weighted by Crippen LogP contribution is 2.38. The van der Waals surface area contributed by atoms with E-state index in [0.717, 1.165) is 16.7 Å². The first kappa shape index (κ1) is 15.8. The number of carbonyl (C=O) groups is 2. The van der Waals surface area contributed by atoms with Crippen molar-refractivity contribution in [3.63, 3.8) is 0 Å². The Labute approximate surface area is 119 Å². The predicted octanol–water partition coefficient (Wildman–Crippen LogP) is 3.99. The van der Waals surface area contributed by atoms with Crippen LogP contribution < -0.4 is 4.74 Å². The van der Waals surface area contributed by atoms with Crippen LogP contribution in [0.4, 0.5) is 4.79 Å². The number of benzene rings is 1. The zero-order chi connectivity index (χ0) is 14.8. The number of Topliss-reactive ketones (excluding diaryl/α,β-unsaturated/α-hetero) is 1. The zero-order valence-corrected chi connectivity index (χ0v) is 12.9. The largest absolute Gasteiger partial charge is 0.418 e. The van der Waals surface area contributed by atoms with E-state index in [1.807, 2.05) is 33.8 Å². The van der Waals surface area contributed by atoms with Crippen molar-refractivity contribution in [2.45, 2.75) is 46.5 Å². The molecule has 0 heterocycles. The number of ketones is 1. The van der Waals surface area contributed by atoms with Crippen LogP contribution in [-0.2, 0) is 10.2 Å². The van der Waals surface area contributed by atoms with Crippen molar-refractivity contribution < 1.29 is 14.3 Å². The third-order valence-electron chi connectivity index (χ3n) is 3.01. The van der Waals surface area contributed by atoms with Gasteiger partial charge < -0.3 is 4.74 Å². The van der Waals surface area contributed by atoms with Gasteiger partial charge in [0, 0.05) is 17.4 Å². The SMILES string of the molecule is CC(=O)CC(C)(C)c1c(C)cc(C)cc1OC(=O)S. The predicted molar refractivity (Wildman–Crippen MR) is 79.3 cm³/mol. The van der Waals surface area contributed by atoms with Crippen LogP contribution in [0.1, 0.15) is 43.9 Å². The smallest absolute Gasteiger partial charge is 0.369 e. The van der Waals surface area contributed by atoms with Crippen molar-refractivity contribution in [3.8, 4) is 5.75 Å². The van der Waals surface area contributed by atoms with E-state index >= 15 is 0 Å². The molecule has 0 bridgehead atoms. The molecule has 0 amide bonds. The van der Waals surface area contributed by atoms with Crippen LogP contribution >= 0.6 is 12.6 Å². The minimum Gasteiger partial charge on any atom is -0.418 e. The monoisotopic (exact) mass is 280 g/mol. The molecule has 0 fully saturated rings. The lowest BCUT2D eigenvalue weighted by molar-refractivity contribution is -0.118. The summed E-state index contributed by atoms with van der Waals surface area (Å²) in [6.07, 6.45) is 0.397. The standard InChI is InChI=1S/C15H20O3S/c1-9-6-10(2)13(12(7-9)18-14(17)19)15(4,5)8-11(3)16/h6-7H,8H2,1-5H3,(H,17,19). The van der Waals surface area contributed by atoms with Crippen molar-refractivity contribution in [1.82, 2.24) is 0 Å². The molecule has 0 saturated heterocycles. The molecular weight excluding hydrogens is 260 g/mol. The van der Waals surface area contributed by atoms with E-state index in [9.17, 15) is 9.59 Å². The molecule has 0 aliphatic rings. The Hall–Kier alpha value is -1.29. The van der Waals surface area contributed by atoms with Gasteiger partial charge >= 0.3 is 5.30 Å². The quantitative estimate of drug-likeness (QED) is 0.670. The summed E-state index contributed by atoms with van der Waals surface area (Å²) < 4.78 is 5.19. The molecular formula is C15H20O3S. The Bertz CT molecular complexity index is 518. The number of hydrogen-bond acceptors (Lipinski definition) is 3. The van der Waals surface area contributed by atoms with Gasteiger partial charge in [0.05, 0.1) is 0 Å². The first-order valence-electron chi connectivity index (χ1n) is 6.15. The molecule has 1 aromatic carbocycles. The van der Waals surface area contributed by atoms with Crippen LogP contribution in [0.3, 0.4) is 0 Å². The fourth-order valence-electron chi connectivity index (χ4n) is 2.68. The average molecular weight is 280 g/mol. The highest BCUT2D eigenvalue weighted by Gasteiger charge is 2.28. The highest BCUT2D eigenvalue weighted by molar-refractivity contribution is 7.96. The maximum absolute atomic E-state index is 11.4. The molecule has 0 radical (unpaired) electrons. The summed E-state index contributed by atoms with van der Waals surface area (Å²) in [6, 6.07) is 3.82. The number of ether oxygens (including phenoxy) is 1. The second kappa shape index (κ2) is 5.78. The van der Waals surface area contributed by atoms with E-state index in [2.05, 4.69) is 12.6 Å². The molecule has 19 heavy (non-hydrogen) atoms. The third kappa shape index (κ3) is 4.10. The van der Waals surface area contributed by atoms with Gasteiger partial charge in [0.2, 0.25) is 0 Å². The molecule has 1 aromatic rings. The first-order valence-corrected chi connectivity index (χ1v) is 6.60. The lowest BCUT2D eigenvalue weighted by Crippen LogP contribution is -2.23. The lowest BCUT2D eigenvalue weighted by Gasteiger charge is -2.28. The summed E-state index contributed by atoms with van der Waals surface area (Å²) in [7, 11) is 0. The number of rotatable bonds is 4. The average Bonchev–Trinajstić information content (AvgIpc) is 2.10. The van der Waals surface area contributed by atoms with E-state index in [4.69, 9.17) is 4.74 Å². The van der Waals surface area contributed by atoms with Gasteiger partial charge in [-0.25, -0.2) is 4.79 Å². The Kier molecular flexibility index (Phi) is 4.80. The van der Waals surface area contributed by atoms with Gasteiger partial charge in [-0.3, -0.25) is 4.79 Å². The number of aryl methyl sites for hydroxylation is 2. The second-order valence-corrected chi connectivity index (χ2v) is 5.95. The van der Waals surface area contributed by atoms with Gasteiger partial charge in [0.1, 0.15) is 11.5 Å². The van der Waals surface area contributed by atoms with E-state index in [1.165, 1.54) is 0 Å². The molecule has 0 aromatic heterocycles. The first-order chi connectivity index (χ1) is 8.63. The van der Waals surface area contributed by atoms with Gasteiger partial charge in [0.15, 0.2) is 0 Å². The van der Waals surface area contributed by atoms with Crippen molar-refractivity contribution in [2.24, 2.45) is 0 Å². The van der Waals surface area contributed by atoms with Crippen LogP contribution in [0, 0.1) is 13.8 Å². The maximum Gasteiger partial charge on any atom is 0.369 e. The van der Waals surface area contributed by atoms with E-state index in [0.29, 0.717) is 12.2 Å². The van der Waals surface area contributed by atoms with Gasteiger partial charge in [-0.2, -0.15) is 0 Å². The number of hydrogen-bond donors (Lipinski definition) is 1. The molecule has 4 heteroatoms. The Balaban J connectivity index is 3.39. The van der Waals surface area contributed by atoms with E-state index in [1.54, 1.807) is 13.0 Å². The molecule has 0 saturated carbocycles. The van der Waals surface area contributed by atoms with Crippen LogP contribution in [0.25, 0.3) is 0 Å². The minimum atomic E-state index is -0.648. The number of thiol groups is 1. The van der Waals surface area contributed by atoms with Gasteiger partial charge in [0.25, 0.3) is 0 Å². The minimum absolute atomic E-state index is 0.105. The summed E-state index contributed by atoms with van der Waals surface area (Å²) in [6.45, 7) is 9.41. The molecule has 0 spiro atoms. The van der Waals surface area contributed by atoms with Crippen molar-refractivity contribution >= 4 is 23.7 Å². The topological polar surface area (TPSA) is 43.4 Å². The fourth-order valence-corrected chi connectivity index (χ4v) is 2.78. The Morgan fingerprint density at radius 2 is 1.84 bits per heavy atom. The zero-order valence-electron chi connectivity index (χ0n) is 12.0. The van der Waals surface area contributed by atoms with Gasteiger partial charge in [-0.15, -0.1) is 0 Å². The van der Waals surface area contributed by atoms with Crippen molar-refractivity contribution in [1.29, 1.82) is 0 Å². The van der Waals surface area contributed by atoms with Crippen LogP contribution in [-0.4, -0.2) is 11.1 Å². The molecule has 0 atom stereocenters. The number of carbonyl (C=O) groups excluding carboxylic acids is 2. The Morgan fingerprint density at radius 1 is 1.26 bits per heavy atom. The molecule has 0 unspecified atom stereocenters. The lowest BCUT2D eigenvalue weighted by atomic mass is 9.77. The molecule has 104 valence electrons. The summed E-state index contributed by atoms with van der Waals surface area (Å²) in [4.78, 5) is 22.5. The second-order valence-electron chi connectivity index (χ2n) is 5.59. The van der Waals surface area contributed by atoms with Crippen molar-refractivity contribution in [2.75, 3.05) is 0 Å². The molecule has 1 rings (SSSR count). The summed E-state index contributed by atoms with van der Waals surface area (Å²) in [5, 5.41) is -0.648. The van der Waals surface area contributed by atoms with Crippen LogP contribution in [0.2, 0.25) is 0 Å². The summed E-state index contributed by atoms with van der Waals surface area (Å²) in [5.41, 5.74) is 2.51. The van der Waals surface area contributed by atoms with E-state index in [-0.39, 0.29) is 11.2 Å². The van der Waals surface area contributed by atoms with Crippen LogP contribution in [0.15, 0.2) is 12.1 Å². The maximum atomic E-state index is 11.4. The van der Waals surface area contributed by atoms with Gasteiger partial charge in [-0.1, -0.05) is 32.5 Å². The molecule has 3 nitrogen and oxygen atoms in total. The fraction of sp³-hybridized carbons (Fsp3) is 0.467. The van der Waals surface area contributed by atoms with Crippen LogP contribution in [0.5, 0.6) is 5.75 Å². The normalized spacial score (nSPS) is 11.3. The molecule has 0 N–H and O–H groups in total. The summed E-state index contributed by atoms with van der Waals surface area (Å²) >= 11 is 3.66. The highest BCUT2D eigenvalue weighted by atomic mass is 32.1. The van der Waals surface area contributed by atoms with E-state index < -0.39 is 5.30 Å². The third-order valence-corrected chi connectivity index (χ3v) is 3.10. The van der Waals surface area contributed by atoms with Crippen molar-refractivity contribution in [3.05, 3.63) is 28.8 Å². The molecule has 0 aliphatic carbocycles. The molecule has 0 aliphatic heterocycles. The van der Waals surface area contributed by atoms with Gasteiger partial charge in [-0.05, 0) is 38.0 Å².